The molecule has 0 aromatic carbocycles. The highest BCUT2D eigenvalue weighted by molar-refractivity contribution is 7.09. The third-order valence-electron chi connectivity index (χ3n) is 8.13. The van der Waals surface area contributed by atoms with Crippen LogP contribution in [0.5, 0.6) is 0 Å². The van der Waals surface area contributed by atoms with Crippen molar-refractivity contribution in [2.45, 2.75) is 104 Å². The number of Topliss-reactive ketones (excluding diaryl/α,β-unsaturated/α-hetero) is 1. The topological polar surface area (TPSA) is 113 Å². The number of aliphatic hydroxyl groups excluding tert-OH is 1. The average Bonchev–Trinajstić information content (AvgIpc) is 3.26. The zero-order valence-corrected chi connectivity index (χ0v) is 23.4. The number of aliphatic hydroxyl groups is 1. The van der Waals surface area contributed by atoms with Crippen LogP contribution in [-0.2, 0) is 19.1 Å². The van der Waals surface area contributed by atoms with Gasteiger partial charge in [0.15, 0.2) is 0 Å². The minimum Gasteiger partial charge on any atom is -0.458 e. The number of carbonyl (C=O) groups excluding carboxylic acids is 2. The number of fused-ring (bicyclic) bond motifs is 1. The summed E-state index contributed by atoms with van der Waals surface area (Å²) in [4.78, 5) is 31.0. The van der Waals surface area contributed by atoms with E-state index in [0.717, 1.165) is 35.5 Å². The largest absolute Gasteiger partial charge is 0.458 e. The summed E-state index contributed by atoms with van der Waals surface area (Å²) >= 11 is 1.56. The number of epoxide rings is 1. The molecule has 36 heavy (non-hydrogen) atoms. The molecule has 2 aliphatic rings. The molecule has 198 valence electrons. The van der Waals surface area contributed by atoms with Gasteiger partial charge < -0.3 is 14.6 Å². The molecule has 1 aromatic heterocycles. The Balaban J connectivity index is 1.89. The first-order valence-electron chi connectivity index (χ1n) is 12.9. The van der Waals surface area contributed by atoms with Crippen LogP contribution in [0.4, 0.5) is 0 Å². The number of hydrogen-bond donors (Lipinski definition) is 1. The molecule has 8 heteroatoms. The normalized spacial score (nSPS) is 36.5. The molecule has 0 spiro atoms. The van der Waals surface area contributed by atoms with Gasteiger partial charge in [-0.05, 0) is 51.2 Å². The fraction of sp³-hybridized carbons (Fsp3) is 0.714. The van der Waals surface area contributed by atoms with E-state index >= 15 is 0 Å². The fourth-order valence-electron chi connectivity index (χ4n) is 5.29. The van der Waals surface area contributed by atoms with E-state index in [4.69, 9.17) is 9.47 Å². The number of rotatable bonds is 2. The number of aryl methyl sites for hydroxylation is 1. The Hall–Kier alpha value is -2.08. The third-order valence-corrected chi connectivity index (χ3v) is 8.92. The van der Waals surface area contributed by atoms with Crippen molar-refractivity contribution in [2.24, 2.45) is 23.2 Å². The highest BCUT2D eigenvalue weighted by Crippen LogP contribution is 2.45. The van der Waals surface area contributed by atoms with Gasteiger partial charge in [-0.1, -0.05) is 34.1 Å². The number of esters is 1. The summed E-state index contributed by atoms with van der Waals surface area (Å²) in [7, 11) is 0. The maximum absolute atomic E-state index is 13.4. The van der Waals surface area contributed by atoms with Crippen molar-refractivity contribution in [2.75, 3.05) is 0 Å². The molecule has 7 atom stereocenters. The van der Waals surface area contributed by atoms with Crippen LogP contribution < -0.4 is 0 Å². The highest BCUT2D eigenvalue weighted by Gasteiger charge is 2.53. The van der Waals surface area contributed by atoms with Gasteiger partial charge in [-0.2, -0.15) is 5.26 Å². The van der Waals surface area contributed by atoms with Crippen molar-refractivity contribution < 1.29 is 24.2 Å². The van der Waals surface area contributed by atoms with Gasteiger partial charge in [0.1, 0.15) is 11.9 Å². The Morgan fingerprint density at radius 2 is 2.00 bits per heavy atom. The van der Waals surface area contributed by atoms with Gasteiger partial charge in [0.25, 0.3) is 0 Å². The van der Waals surface area contributed by atoms with Crippen molar-refractivity contribution in [3.8, 4) is 6.07 Å². The second kappa shape index (κ2) is 11.1. The number of hydrogen-bond acceptors (Lipinski definition) is 8. The number of ketones is 1. The quantitative estimate of drug-likeness (QED) is 0.421. The molecule has 3 heterocycles. The van der Waals surface area contributed by atoms with E-state index in [2.05, 4.69) is 18.0 Å². The van der Waals surface area contributed by atoms with Crippen molar-refractivity contribution in [1.29, 1.82) is 5.26 Å². The van der Waals surface area contributed by atoms with E-state index in [1.807, 2.05) is 32.2 Å². The van der Waals surface area contributed by atoms with E-state index in [1.54, 1.807) is 32.1 Å². The molecule has 1 aromatic rings. The molecule has 0 radical (unpaired) electrons. The maximum Gasteiger partial charge on any atom is 0.307 e. The average molecular weight is 517 g/mol. The van der Waals surface area contributed by atoms with Gasteiger partial charge >= 0.3 is 5.97 Å². The van der Waals surface area contributed by atoms with E-state index in [9.17, 15) is 20.0 Å². The van der Waals surface area contributed by atoms with E-state index in [0.29, 0.717) is 6.42 Å². The molecule has 2 fully saturated rings. The van der Waals surface area contributed by atoms with Crippen LogP contribution in [0.2, 0.25) is 0 Å². The smallest absolute Gasteiger partial charge is 0.307 e. The van der Waals surface area contributed by atoms with Crippen LogP contribution in [0, 0.1) is 41.4 Å². The van der Waals surface area contributed by atoms with Gasteiger partial charge in [0.05, 0.1) is 46.9 Å². The van der Waals surface area contributed by atoms with Crippen molar-refractivity contribution in [3.05, 3.63) is 21.7 Å². The summed E-state index contributed by atoms with van der Waals surface area (Å²) in [6, 6.07) is 2.16. The number of nitrogens with zero attached hydrogens (tertiary/aromatic N) is 2. The minimum absolute atomic E-state index is 0.0485. The van der Waals surface area contributed by atoms with Crippen molar-refractivity contribution in [3.63, 3.8) is 0 Å². The van der Waals surface area contributed by atoms with E-state index < -0.39 is 35.4 Å². The Kier molecular flexibility index (Phi) is 8.80. The Bertz CT molecular complexity index is 1040. The standard InChI is InChI=1S/C28H40N2O5S/c1-16-9-8-10-28(7)23(35-28)13-22(17(2)11-21-15-36-19(4)30-21)34-24(31)12-20(14-29)27(5,6)26(33)18(3)25(16)32/h11,15-16,18,20,22-23,25,32H,8-10,12-13H2,1-7H3/b17-11+/t16-,18+,20-,22-,23-,25?,28+/m0/s1. The Morgan fingerprint density at radius 3 is 2.61 bits per heavy atom. The molecule has 0 bridgehead atoms. The van der Waals surface area contributed by atoms with Gasteiger partial charge in [-0.3, -0.25) is 9.59 Å². The number of cyclic esters (lactones) is 1. The van der Waals surface area contributed by atoms with Gasteiger partial charge in [0.2, 0.25) is 0 Å². The lowest BCUT2D eigenvalue weighted by Crippen LogP contribution is -2.43. The number of carbonyl (C=O) groups is 2. The predicted octanol–water partition coefficient (Wildman–Crippen LogP) is 5.26. The summed E-state index contributed by atoms with van der Waals surface area (Å²) < 4.78 is 12.0. The summed E-state index contributed by atoms with van der Waals surface area (Å²) in [5, 5.41) is 23.7. The van der Waals surface area contributed by atoms with Crippen molar-refractivity contribution >= 4 is 29.2 Å². The second-order valence-corrected chi connectivity index (χ2v) is 12.5. The van der Waals surface area contributed by atoms with Crippen LogP contribution in [0.15, 0.2) is 11.0 Å². The molecule has 0 aliphatic carbocycles. The predicted molar refractivity (Wildman–Crippen MR) is 139 cm³/mol. The Morgan fingerprint density at radius 1 is 1.31 bits per heavy atom. The first kappa shape index (κ1) is 28.5. The lowest BCUT2D eigenvalue weighted by molar-refractivity contribution is -0.150. The van der Waals surface area contributed by atoms with Crippen LogP contribution in [0.1, 0.15) is 84.3 Å². The van der Waals surface area contributed by atoms with Crippen LogP contribution in [0.3, 0.4) is 0 Å². The lowest BCUT2D eigenvalue weighted by atomic mass is 9.69. The van der Waals surface area contributed by atoms with Crippen LogP contribution in [0.25, 0.3) is 6.08 Å². The van der Waals surface area contributed by atoms with Gasteiger partial charge in [-0.25, -0.2) is 4.98 Å². The molecule has 7 nitrogen and oxygen atoms in total. The zero-order valence-electron chi connectivity index (χ0n) is 22.5. The van der Waals surface area contributed by atoms with Crippen LogP contribution in [-0.4, -0.2) is 45.8 Å². The fourth-order valence-corrected chi connectivity index (χ4v) is 5.86. The summed E-state index contributed by atoms with van der Waals surface area (Å²) in [5.41, 5.74) is 0.270. The van der Waals surface area contributed by atoms with Gasteiger partial charge in [0, 0.05) is 23.1 Å². The van der Waals surface area contributed by atoms with E-state index in [-0.39, 0.29) is 29.8 Å². The Labute approximate surface area is 218 Å². The highest BCUT2D eigenvalue weighted by atomic mass is 32.1. The van der Waals surface area contributed by atoms with Gasteiger partial charge in [-0.15, -0.1) is 11.3 Å². The summed E-state index contributed by atoms with van der Waals surface area (Å²) in [6.45, 7) is 13.0. The molecule has 3 rings (SSSR count). The summed E-state index contributed by atoms with van der Waals surface area (Å²) in [5.74, 6) is -2.32. The minimum atomic E-state index is -1.11. The number of ether oxygens (including phenoxy) is 2. The van der Waals surface area contributed by atoms with E-state index in [1.165, 1.54) is 0 Å². The maximum atomic E-state index is 13.4. The first-order chi connectivity index (χ1) is 16.8. The van der Waals surface area contributed by atoms with Crippen LogP contribution >= 0.6 is 11.3 Å². The zero-order chi connectivity index (χ0) is 26.8. The molecular formula is C28H40N2O5S. The number of nitriles is 1. The monoisotopic (exact) mass is 516 g/mol. The first-order valence-corrected chi connectivity index (χ1v) is 13.8. The number of aromatic nitrogens is 1. The lowest BCUT2D eigenvalue weighted by Gasteiger charge is -2.34. The molecule has 1 unspecified atom stereocenters. The second-order valence-electron chi connectivity index (χ2n) is 11.4. The number of thiazole rings is 1. The molecule has 1 N–H and O–H groups in total. The molecule has 0 saturated carbocycles. The summed E-state index contributed by atoms with van der Waals surface area (Å²) in [6.07, 6.45) is 3.32. The molecule has 2 saturated heterocycles. The molecular weight excluding hydrogens is 476 g/mol. The SMILES string of the molecule is C/C(=C\c1csc(C)n1)[C@@H]1C[C@@H]2O[C@]2(C)CCC[C@H](C)C(O)[C@@H](C)C(=O)C(C)(C)[C@H](C#N)CC(=O)O1. The molecule has 2 aliphatic heterocycles. The molecule has 0 amide bonds. The van der Waals surface area contributed by atoms with Crippen molar-refractivity contribution in [1.82, 2.24) is 4.98 Å². The third kappa shape index (κ3) is 6.42.